The van der Waals surface area contributed by atoms with Gasteiger partial charge in [0.2, 0.25) is 0 Å². The summed E-state index contributed by atoms with van der Waals surface area (Å²) in [5.41, 5.74) is 0.350. The molecule has 1 rings (SSSR count). The van der Waals surface area contributed by atoms with Crippen molar-refractivity contribution in [3.8, 4) is 5.75 Å². The third-order valence-electron chi connectivity index (χ3n) is 1.49. The lowest BCUT2D eigenvalue weighted by molar-refractivity contribution is 0.311. The molecule has 0 unspecified atom stereocenters. The maximum Gasteiger partial charge on any atom is 0.140 e. The molecule has 13 heavy (non-hydrogen) atoms. The predicted octanol–water partition coefficient (Wildman–Crippen LogP) is 2.10. The molecule has 0 aliphatic rings. The molecular weight excluding hydrogens is 213 g/mol. The molecule has 1 aromatic carbocycles. The van der Waals surface area contributed by atoms with E-state index < -0.39 is 0 Å². The molecular formula is C8H9Cl2NO2. The van der Waals surface area contributed by atoms with E-state index >= 15 is 0 Å². The third kappa shape index (κ3) is 2.40. The highest BCUT2D eigenvalue weighted by Crippen LogP contribution is 2.36. The van der Waals surface area contributed by atoms with E-state index in [1.54, 1.807) is 0 Å². The topological polar surface area (TPSA) is 52.5 Å². The molecule has 0 fully saturated rings. The van der Waals surface area contributed by atoms with Gasteiger partial charge in [-0.25, -0.2) is 0 Å². The molecule has 0 aliphatic carbocycles. The minimum absolute atomic E-state index is 0.0165. The quantitative estimate of drug-likeness (QED) is 0.686. The second-order valence-corrected chi connectivity index (χ2v) is 3.19. The Balaban J connectivity index is 2.96. The van der Waals surface area contributed by atoms with Gasteiger partial charge in [0.05, 0.1) is 22.3 Å². The molecule has 0 saturated heterocycles. The largest absolute Gasteiger partial charge is 0.506 e. The van der Waals surface area contributed by atoms with E-state index in [4.69, 9.17) is 28.3 Å². The van der Waals surface area contributed by atoms with E-state index in [1.165, 1.54) is 12.1 Å². The van der Waals surface area contributed by atoms with Crippen molar-refractivity contribution < 1.29 is 10.2 Å². The first-order valence-electron chi connectivity index (χ1n) is 3.68. The number of phenolic OH excluding ortho intramolecular Hbond substituents is 1. The number of hydrogen-bond acceptors (Lipinski definition) is 3. The van der Waals surface area contributed by atoms with E-state index in [-0.39, 0.29) is 17.4 Å². The summed E-state index contributed by atoms with van der Waals surface area (Å²) in [6.07, 6.45) is 0. The Hall–Kier alpha value is -0.640. The van der Waals surface area contributed by atoms with Crippen LogP contribution in [-0.4, -0.2) is 23.4 Å². The minimum Gasteiger partial charge on any atom is -0.506 e. The molecule has 0 radical (unpaired) electrons. The van der Waals surface area contributed by atoms with Crippen LogP contribution in [0.2, 0.25) is 10.0 Å². The van der Waals surface area contributed by atoms with Crippen LogP contribution in [0.1, 0.15) is 0 Å². The van der Waals surface area contributed by atoms with Gasteiger partial charge in [-0.1, -0.05) is 23.2 Å². The minimum atomic E-state index is -0.0394. The zero-order chi connectivity index (χ0) is 9.84. The third-order valence-corrected chi connectivity index (χ3v) is 2.29. The molecule has 0 atom stereocenters. The van der Waals surface area contributed by atoms with Gasteiger partial charge in [-0.05, 0) is 12.1 Å². The molecule has 3 N–H and O–H groups in total. The van der Waals surface area contributed by atoms with Crippen molar-refractivity contribution in [2.24, 2.45) is 0 Å². The lowest BCUT2D eigenvalue weighted by Crippen LogP contribution is -2.06. The predicted molar refractivity (Wildman–Crippen MR) is 53.7 cm³/mol. The van der Waals surface area contributed by atoms with Crippen molar-refractivity contribution >= 4 is 28.9 Å². The Morgan fingerprint density at radius 1 is 1.31 bits per heavy atom. The van der Waals surface area contributed by atoms with Gasteiger partial charge in [0.1, 0.15) is 5.75 Å². The summed E-state index contributed by atoms with van der Waals surface area (Å²) in [4.78, 5) is 0. The van der Waals surface area contributed by atoms with Crippen LogP contribution in [0.4, 0.5) is 5.69 Å². The van der Waals surface area contributed by atoms with Gasteiger partial charge in [-0.2, -0.15) is 0 Å². The number of benzene rings is 1. The highest BCUT2D eigenvalue weighted by atomic mass is 35.5. The Bertz CT molecular complexity index is 304. The van der Waals surface area contributed by atoms with Gasteiger partial charge in [0.25, 0.3) is 0 Å². The Kier molecular flexibility index (Phi) is 3.66. The normalized spacial score (nSPS) is 10.1. The zero-order valence-corrected chi connectivity index (χ0v) is 8.23. The number of phenols is 1. The van der Waals surface area contributed by atoms with E-state index in [2.05, 4.69) is 5.32 Å². The van der Waals surface area contributed by atoms with Gasteiger partial charge in [0.15, 0.2) is 0 Å². The standard InChI is InChI=1S/C8H9Cl2NO2/c9-5-1-2-6(13)8(7(5)10)11-3-4-12/h1-2,11-13H,3-4H2. The van der Waals surface area contributed by atoms with Crippen LogP contribution in [0.3, 0.4) is 0 Å². The van der Waals surface area contributed by atoms with Crippen LogP contribution < -0.4 is 5.32 Å². The summed E-state index contributed by atoms with van der Waals surface area (Å²) in [7, 11) is 0. The van der Waals surface area contributed by atoms with Crippen LogP contribution in [0.5, 0.6) is 5.75 Å². The zero-order valence-electron chi connectivity index (χ0n) is 6.72. The first kappa shape index (κ1) is 10.4. The Morgan fingerprint density at radius 3 is 2.62 bits per heavy atom. The van der Waals surface area contributed by atoms with Crippen molar-refractivity contribution in [1.82, 2.24) is 0 Å². The number of hydrogen-bond donors (Lipinski definition) is 3. The molecule has 0 amide bonds. The van der Waals surface area contributed by atoms with Gasteiger partial charge in [0, 0.05) is 6.54 Å². The summed E-state index contributed by atoms with van der Waals surface area (Å²) in [5, 5.41) is 21.3. The van der Waals surface area contributed by atoms with Crippen LogP contribution >= 0.6 is 23.2 Å². The van der Waals surface area contributed by atoms with Gasteiger partial charge < -0.3 is 15.5 Å². The second-order valence-electron chi connectivity index (χ2n) is 2.41. The van der Waals surface area contributed by atoms with E-state index in [0.717, 1.165) is 0 Å². The number of halogens is 2. The molecule has 0 saturated carbocycles. The Morgan fingerprint density at radius 2 is 2.00 bits per heavy atom. The van der Waals surface area contributed by atoms with Crippen molar-refractivity contribution in [2.75, 3.05) is 18.5 Å². The molecule has 0 bridgehead atoms. The molecule has 1 aromatic rings. The van der Waals surface area contributed by atoms with Crippen LogP contribution in [0.15, 0.2) is 12.1 Å². The van der Waals surface area contributed by atoms with E-state index in [9.17, 15) is 5.11 Å². The highest BCUT2D eigenvalue weighted by molar-refractivity contribution is 6.44. The molecule has 0 spiro atoms. The molecule has 0 aliphatic heterocycles. The summed E-state index contributed by atoms with van der Waals surface area (Å²) in [6, 6.07) is 2.94. The maximum atomic E-state index is 9.36. The first-order chi connectivity index (χ1) is 6.16. The van der Waals surface area contributed by atoms with Crippen molar-refractivity contribution in [3.63, 3.8) is 0 Å². The smallest absolute Gasteiger partial charge is 0.140 e. The fourth-order valence-electron chi connectivity index (χ4n) is 0.890. The van der Waals surface area contributed by atoms with Crippen molar-refractivity contribution in [1.29, 1.82) is 0 Å². The van der Waals surface area contributed by atoms with Crippen LogP contribution in [0.25, 0.3) is 0 Å². The SMILES string of the molecule is OCCNc1c(O)ccc(Cl)c1Cl. The second kappa shape index (κ2) is 4.56. The number of nitrogens with one attached hydrogen (secondary N) is 1. The monoisotopic (exact) mass is 221 g/mol. The summed E-state index contributed by atoms with van der Waals surface area (Å²) in [5.74, 6) is 0.0165. The molecule has 72 valence electrons. The maximum absolute atomic E-state index is 9.36. The lowest BCUT2D eigenvalue weighted by atomic mass is 10.3. The first-order valence-corrected chi connectivity index (χ1v) is 4.44. The number of aromatic hydroxyl groups is 1. The average molecular weight is 222 g/mol. The number of aliphatic hydroxyl groups excluding tert-OH is 1. The summed E-state index contributed by atoms with van der Waals surface area (Å²) >= 11 is 11.5. The summed E-state index contributed by atoms with van der Waals surface area (Å²) in [6.45, 7) is 0.274. The van der Waals surface area contributed by atoms with Crippen molar-refractivity contribution in [3.05, 3.63) is 22.2 Å². The molecule has 5 heteroatoms. The van der Waals surface area contributed by atoms with Gasteiger partial charge >= 0.3 is 0 Å². The number of aliphatic hydroxyl groups is 1. The Labute approximate surface area is 85.9 Å². The fraction of sp³-hybridized carbons (Fsp3) is 0.250. The number of anilines is 1. The van der Waals surface area contributed by atoms with Gasteiger partial charge in [-0.15, -0.1) is 0 Å². The fourth-order valence-corrected chi connectivity index (χ4v) is 1.27. The van der Waals surface area contributed by atoms with Gasteiger partial charge in [-0.3, -0.25) is 0 Å². The van der Waals surface area contributed by atoms with Crippen LogP contribution in [0, 0.1) is 0 Å². The molecule has 0 aromatic heterocycles. The summed E-state index contributed by atoms with van der Waals surface area (Å²) < 4.78 is 0. The van der Waals surface area contributed by atoms with Crippen LogP contribution in [-0.2, 0) is 0 Å². The molecule has 0 heterocycles. The average Bonchev–Trinajstić information content (AvgIpc) is 2.12. The lowest BCUT2D eigenvalue weighted by Gasteiger charge is -2.09. The molecule has 3 nitrogen and oxygen atoms in total. The van der Waals surface area contributed by atoms with Crippen molar-refractivity contribution in [2.45, 2.75) is 0 Å². The van der Waals surface area contributed by atoms with E-state index in [0.29, 0.717) is 17.3 Å². The van der Waals surface area contributed by atoms with E-state index in [1.807, 2.05) is 0 Å². The highest BCUT2D eigenvalue weighted by Gasteiger charge is 2.08. The number of rotatable bonds is 3.